The summed E-state index contributed by atoms with van der Waals surface area (Å²) in [4.78, 5) is 7.64. The Labute approximate surface area is 115 Å². The zero-order valence-electron chi connectivity index (χ0n) is 10.9. The van der Waals surface area contributed by atoms with Gasteiger partial charge in [-0.3, -0.25) is 0 Å². The number of anilines is 1. The van der Waals surface area contributed by atoms with Crippen LogP contribution in [0.15, 0.2) is 6.20 Å². The first-order chi connectivity index (χ1) is 9.00. The summed E-state index contributed by atoms with van der Waals surface area (Å²) < 4.78 is 37.7. The van der Waals surface area contributed by atoms with Crippen LogP contribution in [0.5, 0.6) is 0 Å². The van der Waals surface area contributed by atoms with Crippen molar-refractivity contribution in [1.82, 2.24) is 9.88 Å². The van der Waals surface area contributed by atoms with Gasteiger partial charge in [0.25, 0.3) is 0 Å². The lowest BCUT2D eigenvalue weighted by Gasteiger charge is -2.20. The van der Waals surface area contributed by atoms with E-state index in [-0.39, 0.29) is 0 Å². The van der Waals surface area contributed by atoms with Gasteiger partial charge in [0.05, 0.1) is 6.20 Å². The van der Waals surface area contributed by atoms with Crippen molar-refractivity contribution >= 4 is 16.5 Å². The zero-order valence-corrected chi connectivity index (χ0v) is 11.7. The second-order valence-electron chi connectivity index (χ2n) is 4.69. The van der Waals surface area contributed by atoms with Crippen molar-refractivity contribution in [1.29, 1.82) is 0 Å². The summed E-state index contributed by atoms with van der Waals surface area (Å²) in [5.74, 6) is 0. The highest BCUT2D eigenvalue weighted by Gasteiger charge is 2.34. The molecule has 1 aromatic rings. The Morgan fingerprint density at radius 3 is 2.68 bits per heavy atom. The number of aromatic nitrogens is 1. The lowest BCUT2D eigenvalue weighted by molar-refractivity contribution is -0.134. The Morgan fingerprint density at radius 2 is 2.05 bits per heavy atom. The second kappa shape index (κ2) is 6.09. The van der Waals surface area contributed by atoms with Crippen molar-refractivity contribution in [3.63, 3.8) is 0 Å². The molecule has 1 aliphatic rings. The molecule has 108 valence electrons. The van der Waals surface area contributed by atoms with Gasteiger partial charge in [-0.1, -0.05) is 18.3 Å². The molecule has 3 nitrogen and oxygen atoms in total. The normalized spacial score (nSPS) is 18.6. The van der Waals surface area contributed by atoms with Gasteiger partial charge in [0.1, 0.15) is 4.88 Å². The molecule has 0 N–H and O–H groups in total. The van der Waals surface area contributed by atoms with Gasteiger partial charge in [0.2, 0.25) is 0 Å². The standard InChI is InChI=1S/C12H18F3N3S/c1-2-4-17-5-3-6-18(8-7-17)11-16-9-10(19-11)12(13,14)15/h9H,2-8H2,1H3. The van der Waals surface area contributed by atoms with E-state index in [9.17, 15) is 13.2 Å². The minimum Gasteiger partial charge on any atom is -0.347 e. The maximum absolute atomic E-state index is 12.6. The first-order valence-electron chi connectivity index (χ1n) is 6.51. The highest BCUT2D eigenvalue weighted by molar-refractivity contribution is 7.15. The van der Waals surface area contributed by atoms with Crippen molar-refractivity contribution in [2.24, 2.45) is 0 Å². The smallest absolute Gasteiger partial charge is 0.347 e. The molecule has 1 aliphatic heterocycles. The van der Waals surface area contributed by atoms with Crippen LogP contribution in [0.1, 0.15) is 24.6 Å². The van der Waals surface area contributed by atoms with Crippen LogP contribution >= 0.6 is 11.3 Å². The molecule has 1 saturated heterocycles. The monoisotopic (exact) mass is 293 g/mol. The second-order valence-corrected chi connectivity index (χ2v) is 5.70. The molecule has 0 bridgehead atoms. The topological polar surface area (TPSA) is 19.4 Å². The zero-order chi connectivity index (χ0) is 13.9. The van der Waals surface area contributed by atoms with E-state index in [1.54, 1.807) is 0 Å². The highest BCUT2D eigenvalue weighted by atomic mass is 32.1. The number of hydrogen-bond acceptors (Lipinski definition) is 4. The van der Waals surface area contributed by atoms with E-state index in [0.717, 1.165) is 63.1 Å². The molecule has 7 heteroatoms. The van der Waals surface area contributed by atoms with E-state index in [2.05, 4.69) is 16.8 Å². The summed E-state index contributed by atoms with van der Waals surface area (Å²) in [5.41, 5.74) is 0. The van der Waals surface area contributed by atoms with Gasteiger partial charge in [-0.2, -0.15) is 13.2 Å². The molecular formula is C12H18F3N3S. The van der Waals surface area contributed by atoms with Gasteiger partial charge in [-0.15, -0.1) is 0 Å². The lowest BCUT2D eigenvalue weighted by atomic mass is 10.3. The van der Waals surface area contributed by atoms with E-state index in [4.69, 9.17) is 0 Å². The molecule has 0 spiro atoms. The maximum Gasteiger partial charge on any atom is 0.427 e. The van der Waals surface area contributed by atoms with Crippen LogP contribution in [0, 0.1) is 0 Å². The van der Waals surface area contributed by atoms with Gasteiger partial charge in [-0.25, -0.2) is 4.98 Å². The van der Waals surface area contributed by atoms with Crippen molar-refractivity contribution in [3.05, 3.63) is 11.1 Å². The molecule has 19 heavy (non-hydrogen) atoms. The van der Waals surface area contributed by atoms with Crippen molar-refractivity contribution in [2.75, 3.05) is 37.6 Å². The fourth-order valence-corrected chi connectivity index (χ4v) is 3.08. The van der Waals surface area contributed by atoms with Crippen molar-refractivity contribution in [2.45, 2.75) is 25.9 Å². The van der Waals surface area contributed by atoms with Crippen LogP contribution in [-0.4, -0.2) is 42.6 Å². The number of hydrogen-bond donors (Lipinski definition) is 0. The molecule has 2 rings (SSSR count). The van der Waals surface area contributed by atoms with Crippen LogP contribution in [0.2, 0.25) is 0 Å². The Balaban J connectivity index is 2.00. The molecule has 0 saturated carbocycles. The Bertz CT molecular complexity index is 405. The van der Waals surface area contributed by atoms with E-state index in [1.165, 1.54) is 0 Å². The molecule has 1 aromatic heterocycles. The lowest BCUT2D eigenvalue weighted by Crippen LogP contribution is -2.31. The molecule has 2 heterocycles. The highest BCUT2D eigenvalue weighted by Crippen LogP contribution is 2.36. The number of rotatable bonds is 3. The summed E-state index contributed by atoms with van der Waals surface area (Å²) in [6, 6.07) is 0. The van der Waals surface area contributed by atoms with Gasteiger partial charge in [0, 0.05) is 19.6 Å². The number of halogens is 3. The maximum atomic E-state index is 12.6. The summed E-state index contributed by atoms with van der Waals surface area (Å²) in [6.07, 6.45) is -1.26. The molecule has 0 aliphatic carbocycles. The minimum absolute atomic E-state index is 0.491. The molecule has 0 unspecified atom stereocenters. The third-order valence-corrected chi connectivity index (χ3v) is 4.27. The largest absolute Gasteiger partial charge is 0.427 e. The average molecular weight is 293 g/mol. The van der Waals surface area contributed by atoms with Gasteiger partial charge >= 0.3 is 6.18 Å². The Kier molecular flexibility index (Phi) is 4.67. The van der Waals surface area contributed by atoms with E-state index >= 15 is 0 Å². The SMILES string of the molecule is CCCN1CCCN(c2ncc(C(F)(F)F)s2)CC1. The van der Waals surface area contributed by atoms with Gasteiger partial charge in [0.15, 0.2) is 5.13 Å². The first-order valence-corrected chi connectivity index (χ1v) is 7.32. The first kappa shape index (κ1) is 14.6. The third kappa shape index (κ3) is 3.82. The Hall–Kier alpha value is -0.820. The van der Waals surface area contributed by atoms with Crippen LogP contribution < -0.4 is 4.90 Å². The average Bonchev–Trinajstić information content (AvgIpc) is 2.72. The number of thiazole rings is 1. The fraction of sp³-hybridized carbons (Fsp3) is 0.750. The summed E-state index contributed by atoms with van der Waals surface area (Å²) in [7, 11) is 0. The van der Waals surface area contributed by atoms with E-state index in [0.29, 0.717) is 5.13 Å². The van der Waals surface area contributed by atoms with Crippen molar-refractivity contribution in [3.8, 4) is 0 Å². The molecule has 0 radical (unpaired) electrons. The number of alkyl halides is 3. The van der Waals surface area contributed by atoms with Crippen LogP contribution in [0.3, 0.4) is 0 Å². The van der Waals surface area contributed by atoms with Gasteiger partial charge in [-0.05, 0) is 25.9 Å². The molecule has 0 atom stereocenters. The molecule has 0 amide bonds. The van der Waals surface area contributed by atoms with Crippen molar-refractivity contribution < 1.29 is 13.2 Å². The summed E-state index contributed by atoms with van der Waals surface area (Å²) in [5, 5.41) is 0.491. The predicted molar refractivity (Wildman–Crippen MR) is 70.7 cm³/mol. The molecule has 0 aromatic carbocycles. The summed E-state index contributed by atoms with van der Waals surface area (Å²) in [6.45, 7) is 6.64. The third-order valence-electron chi connectivity index (χ3n) is 3.17. The minimum atomic E-state index is -4.28. The summed E-state index contributed by atoms with van der Waals surface area (Å²) >= 11 is 0.741. The van der Waals surface area contributed by atoms with Crippen LogP contribution in [-0.2, 0) is 6.18 Å². The quantitative estimate of drug-likeness (QED) is 0.854. The fourth-order valence-electron chi connectivity index (χ4n) is 2.24. The Morgan fingerprint density at radius 1 is 1.26 bits per heavy atom. The van der Waals surface area contributed by atoms with Crippen LogP contribution in [0.4, 0.5) is 18.3 Å². The predicted octanol–water partition coefficient (Wildman–Crippen LogP) is 3.08. The molecule has 1 fully saturated rings. The van der Waals surface area contributed by atoms with E-state index in [1.807, 2.05) is 4.90 Å². The number of nitrogens with zero attached hydrogens (tertiary/aromatic N) is 3. The van der Waals surface area contributed by atoms with Crippen LogP contribution in [0.25, 0.3) is 0 Å². The van der Waals surface area contributed by atoms with Gasteiger partial charge < -0.3 is 9.80 Å². The molecular weight excluding hydrogens is 275 g/mol. The van der Waals surface area contributed by atoms with E-state index < -0.39 is 11.1 Å².